The van der Waals surface area contributed by atoms with Gasteiger partial charge in [0.15, 0.2) is 0 Å². The summed E-state index contributed by atoms with van der Waals surface area (Å²) in [5.74, 6) is 1.65. The third-order valence-electron chi connectivity index (χ3n) is 3.75. The van der Waals surface area contributed by atoms with Crippen molar-refractivity contribution in [1.29, 1.82) is 0 Å². The Kier molecular flexibility index (Phi) is 5.23. The Bertz CT molecular complexity index is 596. The third kappa shape index (κ3) is 3.76. The zero-order chi connectivity index (χ0) is 15.2. The van der Waals surface area contributed by atoms with Crippen LogP contribution in [0.4, 0.5) is 0 Å². The smallest absolute Gasteiger partial charge is 0.127 e. The van der Waals surface area contributed by atoms with E-state index in [1.165, 1.54) is 11.1 Å². The maximum Gasteiger partial charge on any atom is 0.127 e. The second-order valence-electron chi connectivity index (χ2n) is 5.14. The van der Waals surface area contributed by atoms with E-state index in [-0.39, 0.29) is 6.04 Å². The molecule has 1 unspecified atom stereocenters. The number of hydrogen-bond donors (Lipinski definition) is 1. The Morgan fingerprint density at radius 2 is 1.81 bits per heavy atom. The van der Waals surface area contributed by atoms with Crippen LogP contribution in [0.25, 0.3) is 0 Å². The van der Waals surface area contributed by atoms with Crippen LogP contribution in [0, 0.1) is 6.92 Å². The second-order valence-corrected chi connectivity index (χ2v) is 5.14. The Labute approximate surface area is 126 Å². The fraction of sp³-hybridized carbons (Fsp3) is 0.333. The summed E-state index contributed by atoms with van der Waals surface area (Å²) >= 11 is 0. The molecule has 2 rings (SSSR count). The molecule has 112 valence electrons. The van der Waals surface area contributed by atoms with Gasteiger partial charge in [-0.25, -0.2) is 0 Å². The average Bonchev–Trinajstić information content (AvgIpc) is 2.52. The third-order valence-corrected chi connectivity index (χ3v) is 3.75. The number of benzene rings is 2. The first kappa shape index (κ1) is 15.4. The van der Waals surface area contributed by atoms with Gasteiger partial charge in [-0.1, -0.05) is 30.3 Å². The van der Waals surface area contributed by atoms with Crippen molar-refractivity contribution in [3.8, 4) is 11.5 Å². The van der Waals surface area contributed by atoms with Crippen molar-refractivity contribution in [2.24, 2.45) is 0 Å². The molecule has 0 radical (unpaired) electrons. The molecule has 2 aromatic carbocycles. The van der Waals surface area contributed by atoms with Crippen LogP contribution in [-0.4, -0.2) is 14.2 Å². The standard InChI is InChI=1S/C18H23NO2/c1-13-7-5-6-8-17(13)14(2)19-12-15-9-10-16(20-3)11-18(15)21-4/h5-11,14,19H,12H2,1-4H3. The largest absolute Gasteiger partial charge is 0.497 e. The van der Waals surface area contributed by atoms with Gasteiger partial charge in [0.1, 0.15) is 11.5 Å². The molecule has 0 spiro atoms. The lowest BCUT2D eigenvalue weighted by atomic mass is 10.0. The van der Waals surface area contributed by atoms with Crippen LogP contribution in [-0.2, 0) is 6.54 Å². The van der Waals surface area contributed by atoms with Crippen LogP contribution in [0.15, 0.2) is 42.5 Å². The van der Waals surface area contributed by atoms with E-state index in [4.69, 9.17) is 9.47 Å². The van der Waals surface area contributed by atoms with E-state index >= 15 is 0 Å². The molecule has 0 amide bonds. The lowest BCUT2D eigenvalue weighted by Gasteiger charge is -2.18. The van der Waals surface area contributed by atoms with E-state index in [0.29, 0.717) is 0 Å². The Hall–Kier alpha value is -2.00. The summed E-state index contributed by atoms with van der Waals surface area (Å²) in [5.41, 5.74) is 3.75. The van der Waals surface area contributed by atoms with Gasteiger partial charge in [0.2, 0.25) is 0 Å². The molecule has 1 N–H and O–H groups in total. The first-order valence-corrected chi connectivity index (χ1v) is 7.15. The van der Waals surface area contributed by atoms with Gasteiger partial charge in [-0.3, -0.25) is 0 Å². The summed E-state index contributed by atoms with van der Waals surface area (Å²) in [4.78, 5) is 0. The first-order valence-electron chi connectivity index (χ1n) is 7.15. The van der Waals surface area contributed by atoms with Gasteiger partial charge in [0, 0.05) is 24.2 Å². The Balaban J connectivity index is 2.08. The predicted molar refractivity (Wildman–Crippen MR) is 86.0 cm³/mol. The molecule has 0 saturated heterocycles. The fourth-order valence-corrected chi connectivity index (χ4v) is 2.44. The van der Waals surface area contributed by atoms with E-state index < -0.39 is 0 Å². The molecule has 0 fully saturated rings. The minimum atomic E-state index is 0.290. The summed E-state index contributed by atoms with van der Waals surface area (Å²) in [6.07, 6.45) is 0. The molecule has 0 aliphatic carbocycles. The maximum atomic E-state index is 5.43. The van der Waals surface area contributed by atoms with Crippen LogP contribution in [0.5, 0.6) is 11.5 Å². The van der Waals surface area contributed by atoms with E-state index in [0.717, 1.165) is 23.6 Å². The van der Waals surface area contributed by atoms with Crippen LogP contribution in [0.2, 0.25) is 0 Å². The Morgan fingerprint density at radius 1 is 1.05 bits per heavy atom. The molecular weight excluding hydrogens is 262 g/mol. The summed E-state index contributed by atoms with van der Waals surface area (Å²) in [6, 6.07) is 14.6. The molecule has 0 aliphatic heterocycles. The van der Waals surface area contributed by atoms with Gasteiger partial charge in [0.05, 0.1) is 14.2 Å². The monoisotopic (exact) mass is 285 g/mol. The minimum Gasteiger partial charge on any atom is -0.497 e. The molecule has 21 heavy (non-hydrogen) atoms. The van der Waals surface area contributed by atoms with Crippen molar-refractivity contribution >= 4 is 0 Å². The van der Waals surface area contributed by atoms with Crippen molar-refractivity contribution in [3.63, 3.8) is 0 Å². The zero-order valence-electron chi connectivity index (χ0n) is 13.1. The molecule has 3 heteroatoms. The number of rotatable bonds is 6. The van der Waals surface area contributed by atoms with Gasteiger partial charge in [0.25, 0.3) is 0 Å². The van der Waals surface area contributed by atoms with Crippen molar-refractivity contribution in [2.45, 2.75) is 26.4 Å². The van der Waals surface area contributed by atoms with Crippen LogP contribution in [0.1, 0.15) is 29.7 Å². The van der Waals surface area contributed by atoms with Crippen molar-refractivity contribution in [3.05, 3.63) is 59.2 Å². The van der Waals surface area contributed by atoms with E-state index in [1.54, 1.807) is 14.2 Å². The van der Waals surface area contributed by atoms with Crippen molar-refractivity contribution in [1.82, 2.24) is 5.32 Å². The Morgan fingerprint density at radius 3 is 2.48 bits per heavy atom. The molecule has 3 nitrogen and oxygen atoms in total. The zero-order valence-corrected chi connectivity index (χ0v) is 13.1. The topological polar surface area (TPSA) is 30.5 Å². The lowest BCUT2D eigenvalue weighted by molar-refractivity contribution is 0.389. The predicted octanol–water partition coefficient (Wildman–Crippen LogP) is 3.86. The van der Waals surface area contributed by atoms with Crippen LogP contribution in [0.3, 0.4) is 0 Å². The summed E-state index contributed by atoms with van der Waals surface area (Å²) in [5, 5.41) is 3.55. The fourth-order valence-electron chi connectivity index (χ4n) is 2.44. The average molecular weight is 285 g/mol. The SMILES string of the molecule is COc1ccc(CNC(C)c2ccccc2C)c(OC)c1. The van der Waals surface area contributed by atoms with Gasteiger partial charge in [-0.05, 0) is 31.0 Å². The highest BCUT2D eigenvalue weighted by atomic mass is 16.5. The molecular formula is C18H23NO2. The van der Waals surface area contributed by atoms with Gasteiger partial charge >= 0.3 is 0 Å². The number of methoxy groups -OCH3 is 2. The minimum absolute atomic E-state index is 0.290. The summed E-state index contributed by atoms with van der Waals surface area (Å²) in [6.45, 7) is 5.07. The van der Waals surface area contributed by atoms with Gasteiger partial charge < -0.3 is 14.8 Å². The van der Waals surface area contributed by atoms with Gasteiger partial charge in [-0.15, -0.1) is 0 Å². The molecule has 0 heterocycles. The first-order chi connectivity index (χ1) is 10.2. The second kappa shape index (κ2) is 7.14. The molecule has 1 atom stereocenters. The summed E-state index contributed by atoms with van der Waals surface area (Å²) in [7, 11) is 3.34. The van der Waals surface area contributed by atoms with Crippen molar-refractivity contribution in [2.75, 3.05) is 14.2 Å². The molecule has 0 aromatic heterocycles. The highest BCUT2D eigenvalue weighted by Crippen LogP contribution is 2.25. The van der Waals surface area contributed by atoms with E-state index in [9.17, 15) is 0 Å². The number of nitrogens with one attached hydrogen (secondary N) is 1. The molecule has 0 aliphatic rings. The highest BCUT2D eigenvalue weighted by molar-refractivity contribution is 5.40. The molecule has 0 bridgehead atoms. The van der Waals surface area contributed by atoms with E-state index in [2.05, 4.69) is 43.4 Å². The molecule has 2 aromatic rings. The number of aryl methyl sites for hydroxylation is 1. The maximum absolute atomic E-state index is 5.43. The van der Waals surface area contributed by atoms with Crippen LogP contribution < -0.4 is 14.8 Å². The van der Waals surface area contributed by atoms with E-state index in [1.807, 2.05) is 18.2 Å². The lowest BCUT2D eigenvalue weighted by Crippen LogP contribution is -2.19. The normalized spacial score (nSPS) is 12.0. The quantitative estimate of drug-likeness (QED) is 0.874. The highest BCUT2D eigenvalue weighted by Gasteiger charge is 2.10. The van der Waals surface area contributed by atoms with Crippen LogP contribution >= 0.6 is 0 Å². The van der Waals surface area contributed by atoms with Gasteiger partial charge in [-0.2, -0.15) is 0 Å². The molecule has 0 saturated carbocycles. The summed E-state index contributed by atoms with van der Waals surface area (Å²) < 4.78 is 10.7. The number of hydrogen-bond acceptors (Lipinski definition) is 3. The van der Waals surface area contributed by atoms with Crippen molar-refractivity contribution < 1.29 is 9.47 Å². The number of ether oxygens (including phenoxy) is 2.